The highest BCUT2D eigenvalue weighted by molar-refractivity contribution is 14.1. The lowest BCUT2D eigenvalue weighted by atomic mass is 10.3. The number of rotatable bonds is 5. The first-order chi connectivity index (χ1) is 9.24. The van der Waals surface area contributed by atoms with Gasteiger partial charge in [-0.2, -0.15) is 5.10 Å². The summed E-state index contributed by atoms with van der Waals surface area (Å²) in [5, 5.41) is 3.77. The molecule has 0 atom stereocenters. The smallest absolute Gasteiger partial charge is 0.277 e. The standard InChI is InChI=1S/C13H11IN2O3/c14-12-7-6-11(19-12)8-15-16-13(17)9-18-10-4-2-1-3-5-10/h1-8H,9H2,(H,16,17). The van der Waals surface area contributed by atoms with E-state index in [0.29, 0.717) is 11.5 Å². The van der Waals surface area contributed by atoms with Crippen molar-refractivity contribution < 1.29 is 13.9 Å². The van der Waals surface area contributed by atoms with Crippen molar-refractivity contribution in [3.8, 4) is 5.75 Å². The second-order valence-corrected chi connectivity index (χ2v) is 4.60. The van der Waals surface area contributed by atoms with Crippen molar-refractivity contribution in [1.82, 2.24) is 5.43 Å². The molecule has 0 aliphatic carbocycles. The average Bonchev–Trinajstić information content (AvgIpc) is 2.83. The quantitative estimate of drug-likeness (QED) is 0.500. The van der Waals surface area contributed by atoms with Crippen LogP contribution in [-0.2, 0) is 4.79 Å². The third-order valence-corrected chi connectivity index (χ3v) is 2.67. The van der Waals surface area contributed by atoms with Crippen molar-refractivity contribution in [2.75, 3.05) is 6.61 Å². The van der Waals surface area contributed by atoms with Crippen LogP contribution in [0.5, 0.6) is 5.75 Å². The van der Waals surface area contributed by atoms with Gasteiger partial charge in [-0.15, -0.1) is 0 Å². The molecule has 6 heteroatoms. The molecule has 0 saturated heterocycles. The van der Waals surface area contributed by atoms with E-state index >= 15 is 0 Å². The predicted molar refractivity (Wildman–Crippen MR) is 79.1 cm³/mol. The summed E-state index contributed by atoms with van der Waals surface area (Å²) in [6.45, 7) is -0.0863. The first-order valence-corrected chi connectivity index (χ1v) is 6.57. The van der Waals surface area contributed by atoms with Gasteiger partial charge < -0.3 is 9.15 Å². The van der Waals surface area contributed by atoms with E-state index in [4.69, 9.17) is 9.15 Å². The van der Waals surface area contributed by atoms with Crippen molar-refractivity contribution in [1.29, 1.82) is 0 Å². The molecule has 0 aliphatic rings. The number of hydrogen-bond acceptors (Lipinski definition) is 4. The predicted octanol–water partition coefficient (Wildman–Crippen LogP) is 2.41. The first-order valence-electron chi connectivity index (χ1n) is 5.49. The van der Waals surface area contributed by atoms with E-state index < -0.39 is 0 Å². The Morgan fingerprint density at radius 1 is 1.32 bits per heavy atom. The number of ether oxygens (including phenoxy) is 1. The second-order valence-electron chi connectivity index (χ2n) is 3.54. The van der Waals surface area contributed by atoms with Gasteiger partial charge in [0.2, 0.25) is 0 Å². The van der Waals surface area contributed by atoms with Gasteiger partial charge in [0.25, 0.3) is 5.91 Å². The molecule has 0 saturated carbocycles. The molecule has 1 amide bonds. The summed E-state index contributed by atoms with van der Waals surface area (Å²) in [4.78, 5) is 11.4. The molecule has 5 nitrogen and oxygen atoms in total. The van der Waals surface area contributed by atoms with Crippen LogP contribution in [0.4, 0.5) is 0 Å². The summed E-state index contributed by atoms with van der Waals surface area (Å²) in [7, 11) is 0. The zero-order chi connectivity index (χ0) is 13.5. The minimum absolute atomic E-state index is 0.0863. The van der Waals surface area contributed by atoms with Crippen LogP contribution in [0.25, 0.3) is 0 Å². The maximum atomic E-state index is 11.4. The summed E-state index contributed by atoms with van der Waals surface area (Å²) in [6.07, 6.45) is 1.43. The third-order valence-electron chi connectivity index (χ3n) is 2.09. The number of para-hydroxylation sites is 1. The van der Waals surface area contributed by atoms with Crippen molar-refractivity contribution in [3.63, 3.8) is 0 Å². The van der Waals surface area contributed by atoms with Crippen LogP contribution in [-0.4, -0.2) is 18.7 Å². The Balaban J connectivity index is 1.74. The molecule has 1 aromatic carbocycles. The Kier molecular flexibility index (Phi) is 4.96. The Labute approximate surface area is 123 Å². The van der Waals surface area contributed by atoms with Crippen LogP contribution in [0.15, 0.2) is 52.0 Å². The fourth-order valence-corrected chi connectivity index (χ4v) is 1.70. The molecule has 19 heavy (non-hydrogen) atoms. The molecular formula is C13H11IN2O3. The number of hydrazone groups is 1. The highest BCUT2D eigenvalue weighted by Gasteiger charge is 2.01. The zero-order valence-corrected chi connectivity index (χ0v) is 12.0. The molecule has 0 unspecified atom stereocenters. The average molecular weight is 370 g/mol. The molecule has 1 N–H and O–H groups in total. The van der Waals surface area contributed by atoms with Crippen LogP contribution in [0.3, 0.4) is 0 Å². The normalized spacial score (nSPS) is 10.6. The lowest BCUT2D eigenvalue weighted by Crippen LogP contribution is -2.24. The third kappa shape index (κ3) is 4.74. The van der Waals surface area contributed by atoms with Gasteiger partial charge in [0.1, 0.15) is 11.5 Å². The Morgan fingerprint density at radius 2 is 2.11 bits per heavy atom. The Hall–Kier alpha value is -1.83. The van der Waals surface area contributed by atoms with Gasteiger partial charge in [-0.05, 0) is 46.9 Å². The molecule has 0 bridgehead atoms. The molecule has 2 rings (SSSR count). The zero-order valence-electron chi connectivity index (χ0n) is 9.88. The van der Waals surface area contributed by atoms with Gasteiger partial charge in [0, 0.05) is 0 Å². The van der Waals surface area contributed by atoms with Gasteiger partial charge in [0.05, 0.1) is 6.21 Å². The van der Waals surface area contributed by atoms with Crippen molar-refractivity contribution in [2.24, 2.45) is 5.10 Å². The number of halogens is 1. The van der Waals surface area contributed by atoms with Crippen LogP contribution in [0, 0.1) is 3.77 Å². The van der Waals surface area contributed by atoms with Crippen LogP contribution < -0.4 is 10.2 Å². The summed E-state index contributed by atoms with van der Waals surface area (Å²) < 4.78 is 11.3. The van der Waals surface area contributed by atoms with Crippen LogP contribution in [0.2, 0.25) is 0 Å². The summed E-state index contributed by atoms with van der Waals surface area (Å²) >= 11 is 2.05. The minimum Gasteiger partial charge on any atom is -0.484 e. The van der Waals surface area contributed by atoms with Crippen molar-refractivity contribution >= 4 is 34.7 Å². The molecule has 0 spiro atoms. The number of furan rings is 1. The largest absolute Gasteiger partial charge is 0.484 e. The van der Waals surface area contributed by atoms with E-state index in [2.05, 4.69) is 10.5 Å². The molecule has 2 aromatic rings. The molecular weight excluding hydrogens is 359 g/mol. The van der Waals surface area contributed by atoms with Crippen LogP contribution in [0.1, 0.15) is 5.76 Å². The maximum Gasteiger partial charge on any atom is 0.277 e. The summed E-state index contributed by atoms with van der Waals surface area (Å²) in [5.74, 6) is 0.886. The minimum atomic E-state index is -0.332. The fourth-order valence-electron chi connectivity index (χ4n) is 1.26. The number of nitrogens with zero attached hydrogens (tertiary/aromatic N) is 1. The topological polar surface area (TPSA) is 63.8 Å². The van der Waals surface area contributed by atoms with Gasteiger partial charge in [0.15, 0.2) is 10.4 Å². The number of benzene rings is 1. The number of amides is 1. The van der Waals surface area contributed by atoms with E-state index in [1.165, 1.54) is 6.21 Å². The van der Waals surface area contributed by atoms with E-state index in [-0.39, 0.29) is 12.5 Å². The number of hydrogen-bond donors (Lipinski definition) is 1. The highest BCUT2D eigenvalue weighted by atomic mass is 127. The molecule has 0 fully saturated rings. The van der Waals surface area contributed by atoms with Gasteiger partial charge >= 0.3 is 0 Å². The lowest BCUT2D eigenvalue weighted by molar-refractivity contribution is -0.123. The molecule has 0 aliphatic heterocycles. The van der Waals surface area contributed by atoms with Crippen molar-refractivity contribution in [2.45, 2.75) is 0 Å². The number of carbonyl (C=O) groups is 1. The molecule has 1 aromatic heterocycles. The lowest BCUT2D eigenvalue weighted by Gasteiger charge is -2.03. The number of nitrogens with one attached hydrogen (secondary N) is 1. The molecule has 1 heterocycles. The fraction of sp³-hybridized carbons (Fsp3) is 0.0769. The second kappa shape index (κ2) is 6.93. The molecule has 98 valence electrons. The monoisotopic (exact) mass is 370 g/mol. The number of carbonyl (C=O) groups excluding carboxylic acids is 1. The Bertz CT molecular complexity index is 566. The Morgan fingerprint density at radius 3 is 2.79 bits per heavy atom. The highest BCUT2D eigenvalue weighted by Crippen LogP contribution is 2.08. The van der Waals surface area contributed by atoms with E-state index in [1.54, 1.807) is 18.2 Å². The van der Waals surface area contributed by atoms with Crippen LogP contribution >= 0.6 is 22.6 Å². The molecule has 0 radical (unpaired) electrons. The van der Waals surface area contributed by atoms with E-state index in [1.807, 2.05) is 46.9 Å². The van der Waals surface area contributed by atoms with Gasteiger partial charge in [-0.3, -0.25) is 4.79 Å². The summed E-state index contributed by atoms with van der Waals surface area (Å²) in [6, 6.07) is 12.7. The van der Waals surface area contributed by atoms with Gasteiger partial charge in [-0.1, -0.05) is 18.2 Å². The first kappa shape index (κ1) is 13.6. The SMILES string of the molecule is O=C(COc1ccccc1)NN=Cc1ccc(I)o1. The van der Waals surface area contributed by atoms with E-state index in [9.17, 15) is 4.79 Å². The van der Waals surface area contributed by atoms with Crippen molar-refractivity contribution in [3.05, 3.63) is 52.0 Å². The van der Waals surface area contributed by atoms with E-state index in [0.717, 1.165) is 3.77 Å². The maximum absolute atomic E-state index is 11.4. The van der Waals surface area contributed by atoms with Gasteiger partial charge in [-0.25, -0.2) is 5.43 Å². The summed E-state index contributed by atoms with van der Waals surface area (Å²) in [5.41, 5.74) is 2.35.